The molecule has 6 amide bonds. The van der Waals surface area contributed by atoms with Crippen molar-refractivity contribution in [1.82, 2.24) is 36.5 Å². The summed E-state index contributed by atoms with van der Waals surface area (Å²) in [5.41, 5.74) is 0.195. The van der Waals surface area contributed by atoms with Crippen LogP contribution < -0.4 is 26.6 Å². The number of thiazole rings is 1. The summed E-state index contributed by atoms with van der Waals surface area (Å²) in [6, 6.07) is -1.95. The van der Waals surface area contributed by atoms with Crippen molar-refractivity contribution < 1.29 is 33.9 Å². The first-order valence-corrected chi connectivity index (χ1v) is 17.6. The van der Waals surface area contributed by atoms with Gasteiger partial charge in [-0.3, -0.25) is 28.8 Å². The van der Waals surface area contributed by atoms with Gasteiger partial charge in [0.1, 0.15) is 34.9 Å². The third-order valence-corrected chi connectivity index (χ3v) is 10.8. The number of aliphatic hydroxyl groups is 1. The van der Waals surface area contributed by atoms with Crippen LogP contribution in [0.25, 0.3) is 9.88 Å². The Hall–Kier alpha value is -3.89. The number of nitrogens with one attached hydrogen (secondary N) is 5. The molecule has 2 aromatic heterocycles. The van der Waals surface area contributed by atoms with Gasteiger partial charge in [0.25, 0.3) is 5.91 Å². The standard InChI is InChI=1S/C31H41N7O7S2/c1-14(2)23-29(44)37-24(16(4)39)31(45)38-12-17(33-27(42)20-13-47-30(35-20)22-9-6-10-46-22)11-21(38)28(43)32-15(3)25(40)34-19-8-5-7-18(19)26(41)36-23/h6,9-10,13-19,21,23-24,39H,5,7-8,11-12H2,1-4H3,(H,32,43)(H,33,42)(H,34,40)(H,36,41)(H,37,44)/t15-,16+,17-,18-,19-,21-,23+,24-/m0/s1. The zero-order chi connectivity index (χ0) is 34.0. The lowest BCUT2D eigenvalue weighted by Gasteiger charge is -2.33. The minimum Gasteiger partial charge on any atom is -0.391 e. The van der Waals surface area contributed by atoms with E-state index in [1.165, 1.54) is 41.4 Å². The van der Waals surface area contributed by atoms with Crippen LogP contribution in [0.4, 0.5) is 0 Å². The Morgan fingerprint density at radius 3 is 2.40 bits per heavy atom. The summed E-state index contributed by atoms with van der Waals surface area (Å²) < 4.78 is 0. The molecule has 0 spiro atoms. The number of amides is 6. The van der Waals surface area contributed by atoms with Gasteiger partial charge in [0.2, 0.25) is 29.5 Å². The average molecular weight is 688 g/mol. The normalized spacial score (nSPS) is 29.8. The zero-order valence-corrected chi connectivity index (χ0v) is 28.3. The fourth-order valence-corrected chi connectivity index (χ4v) is 7.93. The Bertz CT molecular complexity index is 1510. The van der Waals surface area contributed by atoms with Gasteiger partial charge in [0.15, 0.2) is 0 Å². The van der Waals surface area contributed by atoms with E-state index >= 15 is 0 Å². The lowest BCUT2D eigenvalue weighted by Crippen LogP contribution is -2.62. The quantitative estimate of drug-likeness (QED) is 0.259. The number of carbonyl (C=O) groups excluding carboxylic acids is 6. The van der Waals surface area contributed by atoms with E-state index in [0.717, 1.165) is 4.88 Å². The summed E-state index contributed by atoms with van der Waals surface area (Å²) in [5, 5.41) is 28.8. The van der Waals surface area contributed by atoms with Crippen LogP contribution in [0.1, 0.15) is 63.9 Å². The molecule has 1 aliphatic carbocycles. The molecule has 3 fully saturated rings. The van der Waals surface area contributed by atoms with Crippen molar-refractivity contribution in [2.45, 2.75) is 95.7 Å². The molecule has 4 heterocycles. The van der Waals surface area contributed by atoms with Crippen LogP contribution in [-0.4, -0.2) is 99.3 Å². The molecule has 2 aromatic rings. The van der Waals surface area contributed by atoms with Crippen molar-refractivity contribution in [2.75, 3.05) is 6.54 Å². The van der Waals surface area contributed by atoms with E-state index in [9.17, 15) is 33.9 Å². The molecule has 0 radical (unpaired) electrons. The summed E-state index contributed by atoms with van der Waals surface area (Å²) in [5.74, 6) is -4.34. The molecule has 254 valence electrons. The van der Waals surface area contributed by atoms with Crippen LogP contribution in [0.2, 0.25) is 0 Å². The topological polar surface area (TPSA) is 199 Å². The van der Waals surface area contributed by atoms with E-state index in [4.69, 9.17) is 0 Å². The van der Waals surface area contributed by atoms with Crippen LogP contribution in [0, 0.1) is 11.8 Å². The van der Waals surface area contributed by atoms with Crippen LogP contribution in [0.15, 0.2) is 22.9 Å². The van der Waals surface area contributed by atoms with Gasteiger partial charge in [-0.15, -0.1) is 22.7 Å². The second kappa shape index (κ2) is 14.5. The minimum atomic E-state index is -1.45. The van der Waals surface area contributed by atoms with Crippen molar-refractivity contribution in [3.8, 4) is 9.88 Å². The maximum absolute atomic E-state index is 14.0. The zero-order valence-electron chi connectivity index (χ0n) is 26.6. The Kier molecular flexibility index (Phi) is 10.6. The molecule has 1 saturated carbocycles. The monoisotopic (exact) mass is 687 g/mol. The first kappa shape index (κ1) is 34.4. The van der Waals surface area contributed by atoms with Crippen LogP contribution in [-0.2, 0) is 24.0 Å². The van der Waals surface area contributed by atoms with Gasteiger partial charge >= 0.3 is 0 Å². The third-order valence-electron chi connectivity index (χ3n) is 8.92. The molecule has 8 atom stereocenters. The van der Waals surface area contributed by atoms with E-state index in [1.807, 2.05) is 17.5 Å². The highest BCUT2D eigenvalue weighted by atomic mass is 32.1. The molecule has 2 aliphatic heterocycles. The maximum Gasteiger partial charge on any atom is 0.271 e. The van der Waals surface area contributed by atoms with Gasteiger partial charge in [-0.25, -0.2) is 4.98 Å². The van der Waals surface area contributed by atoms with Crippen molar-refractivity contribution in [3.63, 3.8) is 0 Å². The highest BCUT2D eigenvalue weighted by molar-refractivity contribution is 7.20. The van der Waals surface area contributed by atoms with Crippen LogP contribution >= 0.6 is 22.7 Å². The van der Waals surface area contributed by atoms with Crippen LogP contribution in [0.5, 0.6) is 0 Å². The van der Waals surface area contributed by atoms with Crippen LogP contribution in [0.3, 0.4) is 0 Å². The fourth-order valence-electron chi connectivity index (χ4n) is 6.32. The van der Waals surface area contributed by atoms with Crippen molar-refractivity contribution in [3.05, 3.63) is 28.6 Å². The Morgan fingerprint density at radius 1 is 0.979 bits per heavy atom. The van der Waals surface area contributed by atoms with E-state index in [2.05, 4.69) is 31.6 Å². The molecular weight excluding hydrogens is 647 g/mol. The summed E-state index contributed by atoms with van der Waals surface area (Å²) in [4.78, 5) is 87.5. The highest BCUT2D eigenvalue weighted by Crippen LogP contribution is 2.29. The fraction of sp³-hybridized carbons (Fsp3) is 0.581. The third kappa shape index (κ3) is 7.65. The number of hydrogen-bond acceptors (Lipinski definition) is 10. The van der Waals surface area contributed by atoms with E-state index < -0.39 is 83.7 Å². The van der Waals surface area contributed by atoms with Gasteiger partial charge in [0.05, 0.1) is 16.9 Å². The number of rotatable bonds is 5. The second-order valence-corrected chi connectivity index (χ2v) is 14.6. The number of aromatic nitrogens is 1. The van der Waals surface area contributed by atoms with Crippen molar-refractivity contribution in [1.29, 1.82) is 0 Å². The van der Waals surface area contributed by atoms with Gasteiger partial charge in [-0.2, -0.15) is 0 Å². The van der Waals surface area contributed by atoms with Gasteiger partial charge in [-0.1, -0.05) is 26.3 Å². The SMILES string of the molecule is CC(C)[C@H]1NC(=O)[C@H]2CCC[C@@H]2NC(=O)[C@H](C)NC(=O)[C@@H]2C[C@H](NC(=O)c3csc(-c4cccs4)n3)CN2C(=O)[C@H]([C@@H](C)O)NC1=O. The van der Waals surface area contributed by atoms with E-state index in [-0.39, 0.29) is 24.6 Å². The predicted octanol–water partition coefficient (Wildman–Crippen LogP) is 0.381. The second-order valence-electron chi connectivity index (χ2n) is 12.8. The molecule has 16 heteroatoms. The molecule has 5 rings (SSSR count). The van der Waals surface area contributed by atoms with Gasteiger partial charge in [-0.05, 0) is 50.5 Å². The first-order valence-electron chi connectivity index (χ1n) is 15.8. The number of nitrogens with zero attached hydrogens (tertiary/aromatic N) is 2. The summed E-state index contributed by atoms with van der Waals surface area (Å²) >= 11 is 2.83. The maximum atomic E-state index is 14.0. The Labute approximate surface area is 280 Å². The molecule has 14 nitrogen and oxygen atoms in total. The number of hydrogen-bond donors (Lipinski definition) is 6. The first-order chi connectivity index (χ1) is 22.3. The number of aliphatic hydroxyl groups excluding tert-OH is 1. The summed E-state index contributed by atoms with van der Waals surface area (Å²) in [6.45, 7) is 6.26. The lowest BCUT2D eigenvalue weighted by molar-refractivity contribution is -0.145. The summed E-state index contributed by atoms with van der Waals surface area (Å²) in [7, 11) is 0. The van der Waals surface area contributed by atoms with Crippen molar-refractivity contribution in [2.24, 2.45) is 11.8 Å². The minimum absolute atomic E-state index is 0.0232. The number of thiophene rings is 1. The largest absolute Gasteiger partial charge is 0.391 e. The molecular formula is C31H41N7O7S2. The van der Waals surface area contributed by atoms with Gasteiger partial charge in [0, 0.05) is 24.0 Å². The predicted molar refractivity (Wildman–Crippen MR) is 174 cm³/mol. The molecule has 0 aromatic carbocycles. The Balaban J connectivity index is 1.41. The smallest absolute Gasteiger partial charge is 0.271 e. The van der Waals surface area contributed by atoms with E-state index in [1.54, 1.807) is 19.2 Å². The molecule has 0 unspecified atom stereocenters. The average Bonchev–Trinajstić information content (AvgIpc) is 3.83. The number of fused-ring (bicyclic) bond motifs is 2. The molecule has 2 saturated heterocycles. The molecule has 0 bridgehead atoms. The molecule has 47 heavy (non-hydrogen) atoms. The lowest BCUT2D eigenvalue weighted by atomic mass is 9.98. The van der Waals surface area contributed by atoms with E-state index in [0.29, 0.717) is 24.3 Å². The molecule has 3 aliphatic rings. The van der Waals surface area contributed by atoms with Gasteiger partial charge < -0.3 is 36.6 Å². The van der Waals surface area contributed by atoms with Crippen molar-refractivity contribution >= 4 is 58.1 Å². The Morgan fingerprint density at radius 2 is 1.72 bits per heavy atom. The molecule has 6 N–H and O–H groups in total. The highest BCUT2D eigenvalue weighted by Gasteiger charge is 2.45. The summed E-state index contributed by atoms with van der Waals surface area (Å²) in [6.07, 6.45) is 0.434. The number of carbonyl (C=O) groups is 6.